The van der Waals surface area contributed by atoms with Gasteiger partial charge in [-0.3, -0.25) is 14.7 Å². The topological polar surface area (TPSA) is 42.4 Å². The summed E-state index contributed by atoms with van der Waals surface area (Å²) in [6.07, 6.45) is 5.83. The van der Waals surface area contributed by atoms with E-state index in [-0.39, 0.29) is 11.9 Å². The van der Waals surface area contributed by atoms with E-state index >= 15 is 0 Å². The van der Waals surface area contributed by atoms with Gasteiger partial charge in [-0.15, -0.1) is 0 Å². The molecule has 138 valence electrons. The molecule has 4 nitrogen and oxygen atoms in total. The molecule has 0 saturated carbocycles. The molecule has 2 heterocycles. The van der Waals surface area contributed by atoms with Crippen LogP contribution < -0.4 is 0 Å². The molecule has 1 aliphatic rings. The molecule has 0 bridgehead atoms. The molecular formula is C22H28N2O2. The van der Waals surface area contributed by atoms with E-state index in [9.17, 15) is 4.79 Å². The molecule has 1 aromatic carbocycles. The van der Waals surface area contributed by atoms with Crippen molar-refractivity contribution in [3.8, 4) is 11.1 Å². The molecule has 0 N–H and O–H groups in total. The molecule has 0 radical (unpaired) electrons. The number of benzene rings is 1. The Labute approximate surface area is 156 Å². The summed E-state index contributed by atoms with van der Waals surface area (Å²) in [4.78, 5) is 18.8. The van der Waals surface area contributed by atoms with Gasteiger partial charge in [0.1, 0.15) is 0 Å². The molecule has 0 unspecified atom stereocenters. The third-order valence-electron chi connectivity index (χ3n) is 5.03. The number of likely N-dealkylation sites (tertiary alicyclic amines) is 1. The van der Waals surface area contributed by atoms with Crippen molar-refractivity contribution in [2.45, 2.75) is 40.2 Å². The van der Waals surface area contributed by atoms with Gasteiger partial charge in [0.2, 0.25) is 0 Å². The van der Waals surface area contributed by atoms with Gasteiger partial charge in [-0.25, -0.2) is 0 Å². The summed E-state index contributed by atoms with van der Waals surface area (Å²) in [5, 5.41) is 0. The highest BCUT2D eigenvalue weighted by Gasteiger charge is 2.26. The smallest absolute Gasteiger partial charge is 0.310 e. The molecule has 0 spiro atoms. The van der Waals surface area contributed by atoms with Crippen LogP contribution in [0, 0.1) is 19.8 Å². The molecule has 2 aromatic rings. The molecule has 0 aliphatic carbocycles. The van der Waals surface area contributed by atoms with Crippen LogP contribution >= 0.6 is 0 Å². The lowest BCUT2D eigenvalue weighted by atomic mass is 9.97. The standard InChI is InChI=1S/C22H28N2O2/c1-4-26-22(25)19-6-5-9-24(15-19)14-18-11-20(13-23-12-18)21-10-16(2)7-8-17(21)3/h7-8,10-13,19H,4-6,9,14-15H2,1-3H3/t19-/m0/s1. The first-order valence-electron chi connectivity index (χ1n) is 9.47. The zero-order valence-electron chi connectivity index (χ0n) is 16.0. The second-order valence-electron chi connectivity index (χ2n) is 7.23. The maximum Gasteiger partial charge on any atom is 0.310 e. The van der Waals surface area contributed by atoms with Gasteiger partial charge >= 0.3 is 5.97 Å². The Hall–Kier alpha value is -2.20. The summed E-state index contributed by atoms with van der Waals surface area (Å²) in [5.74, 6) is -0.0571. The van der Waals surface area contributed by atoms with Crippen molar-refractivity contribution >= 4 is 5.97 Å². The van der Waals surface area contributed by atoms with E-state index in [0.29, 0.717) is 6.61 Å². The Bertz CT molecular complexity index is 772. The van der Waals surface area contributed by atoms with Crippen molar-refractivity contribution in [1.82, 2.24) is 9.88 Å². The van der Waals surface area contributed by atoms with Gasteiger partial charge in [-0.2, -0.15) is 0 Å². The highest BCUT2D eigenvalue weighted by Crippen LogP contribution is 2.26. The number of aryl methyl sites for hydroxylation is 2. The van der Waals surface area contributed by atoms with Crippen LogP contribution in [0.5, 0.6) is 0 Å². The molecule has 26 heavy (non-hydrogen) atoms. The summed E-state index contributed by atoms with van der Waals surface area (Å²) >= 11 is 0. The van der Waals surface area contributed by atoms with E-state index in [1.807, 2.05) is 19.3 Å². The zero-order chi connectivity index (χ0) is 18.5. The van der Waals surface area contributed by atoms with Crippen molar-refractivity contribution in [2.24, 2.45) is 5.92 Å². The van der Waals surface area contributed by atoms with E-state index in [2.05, 4.69) is 48.0 Å². The molecule has 4 heteroatoms. The first-order chi connectivity index (χ1) is 12.6. The molecule has 0 amide bonds. The second-order valence-corrected chi connectivity index (χ2v) is 7.23. The van der Waals surface area contributed by atoms with Gasteiger partial charge < -0.3 is 4.74 Å². The number of aromatic nitrogens is 1. The SMILES string of the molecule is CCOC(=O)[C@H]1CCCN(Cc2cncc(-c3cc(C)ccc3C)c2)C1. The largest absolute Gasteiger partial charge is 0.466 e. The molecule has 1 aliphatic heterocycles. The number of esters is 1. The average molecular weight is 352 g/mol. The number of hydrogen-bond acceptors (Lipinski definition) is 4. The monoisotopic (exact) mass is 352 g/mol. The van der Waals surface area contributed by atoms with Crippen molar-refractivity contribution < 1.29 is 9.53 Å². The molecule has 1 fully saturated rings. The summed E-state index contributed by atoms with van der Waals surface area (Å²) in [6.45, 7) is 9.18. The highest BCUT2D eigenvalue weighted by atomic mass is 16.5. The van der Waals surface area contributed by atoms with Crippen LogP contribution in [-0.2, 0) is 16.1 Å². The minimum Gasteiger partial charge on any atom is -0.466 e. The summed E-state index contributed by atoms with van der Waals surface area (Å²) in [6, 6.07) is 8.74. The molecule has 1 aromatic heterocycles. The number of nitrogens with zero attached hydrogens (tertiary/aromatic N) is 2. The van der Waals surface area contributed by atoms with Gasteiger partial charge in [0, 0.05) is 31.0 Å². The summed E-state index contributed by atoms with van der Waals surface area (Å²) < 4.78 is 5.20. The van der Waals surface area contributed by atoms with E-state index in [0.717, 1.165) is 38.0 Å². The fraction of sp³-hybridized carbons (Fsp3) is 0.455. The Kier molecular flexibility index (Phi) is 6.04. The van der Waals surface area contributed by atoms with Crippen LogP contribution in [0.1, 0.15) is 36.5 Å². The van der Waals surface area contributed by atoms with Gasteiger partial charge in [-0.1, -0.05) is 23.8 Å². The predicted octanol–water partition coefficient (Wildman–Crippen LogP) is 4.14. The third kappa shape index (κ3) is 4.50. The number of piperidine rings is 1. The van der Waals surface area contributed by atoms with E-state index in [4.69, 9.17) is 4.74 Å². The maximum absolute atomic E-state index is 12.0. The van der Waals surface area contributed by atoms with E-state index in [1.54, 1.807) is 0 Å². The predicted molar refractivity (Wildman–Crippen MR) is 104 cm³/mol. The number of carbonyl (C=O) groups is 1. The summed E-state index contributed by atoms with van der Waals surface area (Å²) in [7, 11) is 0. The number of ether oxygens (including phenoxy) is 1. The molecular weight excluding hydrogens is 324 g/mol. The highest BCUT2D eigenvalue weighted by molar-refractivity contribution is 5.72. The first kappa shape index (κ1) is 18.6. The number of rotatable bonds is 5. The fourth-order valence-electron chi connectivity index (χ4n) is 3.68. The van der Waals surface area contributed by atoms with E-state index in [1.165, 1.54) is 22.3 Å². The lowest BCUT2D eigenvalue weighted by Gasteiger charge is -2.31. The lowest BCUT2D eigenvalue weighted by molar-refractivity contribution is -0.150. The minimum atomic E-state index is -0.0561. The van der Waals surface area contributed by atoms with Crippen molar-refractivity contribution in [2.75, 3.05) is 19.7 Å². The third-order valence-corrected chi connectivity index (χ3v) is 5.03. The summed E-state index contributed by atoms with van der Waals surface area (Å²) in [5.41, 5.74) is 6.09. The molecule has 1 saturated heterocycles. The van der Waals surface area contributed by atoms with Crippen LogP contribution in [-0.4, -0.2) is 35.5 Å². The Morgan fingerprint density at radius 3 is 2.92 bits per heavy atom. The normalized spacial score (nSPS) is 17.9. The maximum atomic E-state index is 12.0. The van der Waals surface area contributed by atoms with Crippen molar-refractivity contribution in [3.63, 3.8) is 0 Å². The van der Waals surface area contributed by atoms with Gasteiger partial charge in [0.05, 0.1) is 12.5 Å². The van der Waals surface area contributed by atoms with Crippen LogP contribution in [0.25, 0.3) is 11.1 Å². The zero-order valence-corrected chi connectivity index (χ0v) is 16.0. The number of hydrogen-bond donors (Lipinski definition) is 0. The van der Waals surface area contributed by atoms with Crippen LogP contribution in [0.2, 0.25) is 0 Å². The minimum absolute atomic E-state index is 0.00106. The molecule has 1 atom stereocenters. The second kappa shape index (κ2) is 8.45. The quantitative estimate of drug-likeness (QED) is 0.759. The van der Waals surface area contributed by atoms with Gasteiger partial charge in [0.15, 0.2) is 0 Å². The Morgan fingerprint density at radius 2 is 2.12 bits per heavy atom. The van der Waals surface area contributed by atoms with Crippen LogP contribution in [0.15, 0.2) is 36.7 Å². The van der Waals surface area contributed by atoms with Gasteiger partial charge in [0.25, 0.3) is 0 Å². The number of carbonyl (C=O) groups excluding carboxylic acids is 1. The fourth-order valence-corrected chi connectivity index (χ4v) is 3.68. The first-order valence-corrected chi connectivity index (χ1v) is 9.47. The molecule has 3 rings (SSSR count). The number of pyridine rings is 1. The van der Waals surface area contributed by atoms with Crippen LogP contribution in [0.3, 0.4) is 0 Å². The Morgan fingerprint density at radius 1 is 1.27 bits per heavy atom. The van der Waals surface area contributed by atoms with Crippen LogP contribution in [0.4, 0.5) is 0 Å². The van der Waals surface area contributed by atoms with Gasteiger partial charge in [-0.05, 0) is 62.9 Å². The average Bonchev–Trinajstić information content (AvgIpc) is 2.64. The Balaban J connectivity index is 1.72. The van der Waals surface area contributed by atoms with Crippen molar-refractivity contribution in [3.05, 3.63) is 53.3 Å². The lowest BCUT2D eigenvalue weighted by Crippen LogP contribution is -2.38. The van der Waals surface area contributed by atoms with Crippen molar-refractivity contribution in [1.29, 1.82) is 0 Å². The van der Waals surface area contributed by atoms with E-state index < -0.39 is 0 Å².